The first kappa shape index (κ1) is 23.3. The molecule has 0 aromatic heterocycles. The van der Waals surface area contributed by atoms with Gasteiger partial charge in [-0.25, -0.2) is 17.6 Å². The summed E-state index contributed by atoms with van der Waals surface area (Å²) in [6.07, 6.45) is 2.69. The lowest BCUT2D eigenvalue weighted by molar-refractivity contribution is -0.125. The molecule has 1 heterocycles. The van der Waals surface area contributed by atoms with E-state index in [2.05, 4.69) is 5.32 Å². The van der Waals surface area contributed by atoms with E-state index in [4.69, 9.17) is 9.47 Å². The maximum absolute atomic E-state index is 14.3. The Morgan fingerprint density at radius 1 is 1.15 bits per heavy atom. The first-order chi connectivity index (χ1) is 15.9. The van der Waals surface area contributed by atoms with Gasteiger partial charge in [0.1, 0.15) is 10.7 Å². The van der Waals surface area contributed by atoms with Crippen LogP contribution in [0.25, 0.3) is 0 Å². The number of esters is 1. The molecule has 2 aromatic rings. The van der Waals surface area contributed by atoms with Crippen molar-refractivity contribution in [1.82, 2.24) is 9.62 Å². The molecule has 1 amide bonds. The van der Waals surface area contributed by atoms with Gasteiger partial charge < -0.3 is 14.8 Å². The molecule has 1 aliphatic heterocycles. The number of nitrogens with zero attached hydrogens (tertiary/aromatic N) is 1. The molecule has 1 unspecified atom stereocenters. The quantitative estimate of drug-likeness (QED) is 0.642. The number of halogens is 1. The van der Waals surface area contributed by atoms with Gasteiger partial charge >= 0.3 is 5.97 Å². The second-order valence-electron chi connectivity index (χ2n) is 7.95. The molecule has 33 heavy (non-hydrogen) atoms. The van der Waals surface area contributed by atoms with Crippen molar-refractivity contribution in [3.63, 3.8) is 0 Å². The van der Waals surface area contributed by atoms with Gasteiger partial charge in [0.15, 0.2) is 6.61 Å². The number of hydrogen-bond acceptors (Lipinski definition) is 6. The highest BCUT2D eigenvalue weighted by atomic mass is 32.2. The zero-order valence-electron chi connectivity index (χ0n) is 18.0. The molecule has 1 atom stereocenters. The Bertz CT molecular complexity index is 1150. The Morgan fingerprint density at radius 3 is 2.70 bits per heavy atom. The number of morpholine rings is 1. The zero-order chi connectivity index (χ0) is 23.4. The summed E-state index contributed by atoms with van der Waals surface area (Å²) in [6.45, 7) is 0.0918. The summed E-state index contributed by atoms with van der Waals surface area (Å²) < 4.78 is 51.2. The number of aryl methyl sites for hydroxylation is 1. The average molecular weight is 477 g/mol. The van der Waals surface area contributed by atoms with Gasteiger partial charge in [-0.15, -0.1) is 0 Å². The SMILES string of the molecule is O=C(COC(=O)c1ccc(F)c(S(=O)(=O)N2CCOCC2)c1)NC1CCCc2ccccc21. The van der Waals surface area contributed by atoms with Gasteiger partial charge in [-0.05, 0) is 48.6 Å². The molecule has 2 aromatic carbocycles. The minimum Gasteiger partial charge on any atom is -0.452 e. The largest absolute Gasteiger partial charge is 0.452 e. The predicted molar refractivity (Wildman–Crippen MR) is 117 cm³/mol. The molecule has 0 saturated carbocycles. The summed E-state index contributed by atoms with van der Waals surface area (Å²) in [7, 11) is -4.14. The van der Waals surface area contributed by atoms with E-state index < -0.39 is 39.2 Å². The van der Waals surface area contributed by atoms with Crippen LogP contribution >= 0.6 is 0 Å². The average Bonchev–Trinajstić information content (AvgIpc) is 2.83. The molecule has 0 spiro atoms. The Balaban J connectivity index is 1.40. The highest BCUT2D eigenvalue weighted by Gasteiger charge is 2.30. The van der Waals surface area contributed by atoms with E-state index in [-0.39, 0.29) is 37.9 Å². The van der Waals surface area contributed by atoms with Crippen LogP contribution in [-0.2, 0) is 30.7 Å². The number of amides is 1. The minimum atomic E-state index is -4.14. The standard InChI is InChI=1S/C23H25FN2O6S/c24-19-9-8-17(14-21(19)33(29,30)26-10-12-31-13-11-26)23(28)32-15-22(27)25-20-7-3-5-16-4-1-2-6-18(16)20/h1-2,4,6,8-9,14,20H,3,5,7,10-13,15H2,(H,25,27). The third kappa shape index (κ3) is 5.23. The maximum Gasteiger partial charge on any atom is 0.338 e. The first-order valence-corrected chi connectivity index (χ1v) is 12.2. The van der Waals surface area contributed by atoms with E-state index in [1.165, 1.54) is 5.56 Å². The van der Waals surface area contributed by atoms with Crippen LogP contribution < -0.4 is 5.32 Å². The molecule has 10 heteroatoms. The Hall–Kier alpha value is -2.82. The molecule has 1 N–H and O–H groups in total. The number of hydrogen-bond donors (Lipinski definition) is 1. The lowest BCUT2D eigenvalue weighted by Gasteiger charge is -2.26. The third-order valence-electron chi connectivity index (χ3n) is 5.79. The summed E-state index contributed by atoms with van der Waals surface area (Å²) in [5.41, 5.74) is 2.09. The van der Waals surface area contributed by atoms with E-state index in [0.29, 0.717) is 0 Å². The molecule has 1 fully saturated rings. The molecule has 176 valence electrons. The number of carbonyl (C=O) groups excluding carboxylic acids is 2. The number of rotatable bonds is 6. The van der Waals surface area contributed by atoms with E-state index in [9.17, 15) is 22.4 Å². The number of ether oxygens (including phenoxy) is 2. The van der Waals surface area contributed by atoms with Crippen molar-refractivity contribution in [2.75, 3.05) is 32.9 Å². The number of carbonyl (C=O) groups is 2. The van der Waals surface area contributed by atoms with Crippen LogP contribution in [0.5, 0.6) is 0 Å². The van der Waals surface area contributed by atoms with Crippen molar-refractivity contribution in [2.24, 2.45) is 0 Å². The predicted octanol–water partition coefficient (Wildman–Crippen LogP) is 2.20. The second-order valence-corrected chi connectivity index (χ2v) is 9.86. The highest BCUT2D eigenvalue weighted by molar-refractivity contribution is 7.89. The van der Waals surface area contributed by atoms with Crippen LogP contribution in [-0.4, -0.2) is 57.5 Å². The van der Waals surface area contributed by atoms with Gasteiger partial charge in [-0.2, -0.15) is 4.31 Å². The fourth-order valence-electron chi connectivity index (χ4n) is 4.11. The van der Waals surface area contributed by atoms with Crippen molar-refractivity contribution in [1.29, 1.82) is 0 Å². The normalized spacial score (nSPS) is 18.9. The molecule has 0 radical (unpaired) electrons. The molecular formula is C23H25FN2O6S. The van der Waals surface area contributed by atoms with Gasteiger partial charge in [-0.1, -0.05) is 24.3 Å². The summed E-state index contributed by atoms with van der Waals surface area (Å²) in [4.78, 5) is 24.2. The van der Waals surface area contributed by atoms with Crippen LogP contribution in [0.15, 0.2) is 47.4 Å². The van der Waals surface area contributed by atoms with Gasteiger partial charge in [0, 0.05) is 13.1 Å². The highest BCUT2D eigenvalue weighted by Crippen LogP contribution is 2.29. The number of sulfonamides is 1. The van der Waals surface area contributed by atoms with Crippen LogP contribution in [0.4, 0.5) is 4.39 Å². The Labute approximate surface area is 191 Å². The summed E-state index contributed by atoms with van der Waals surface area (Å²) in [5, 5.41) is 2.88. The molecule has 4 rings (SSSR count). The zero-order valence-corrected chi connectivity index (χ0v) is 18.8. The van der Waals surface area contributed by atoms with E-state index >= 15 is 0 Å². The van der Waals surface area contributed by atoms with Gasteiger partial charge in [0.2, 0.25) is 10.0 Å². The monoisotopic (exact) mass is 476 g/mol. The fraction of sp³-hybridized carbons (Fsp3) is 0.391. The minimum absolute atomic E-state index is 0.0981. The van der Waals surface area contributed by atoms with E-state index in [1.807, 2.05) is 24.3 Å². The van der Waals surface area contributed by atoms with E-state index in [1.54, 1.807) is 0 Å². The van der Waals surface area contributed by atoms with Crippen molar-refractivity contribution < 1.29 is 31.9 Å². The van der Waals surface area contributed by atoms with Gasteiger partial charge in [0.05, 0.1) is 24.8 Å². The number of fused-ring (bicyclic) bond motifs is 1. The molecule has 8 nitrogen and oxygen atoms in total. The van der Waals surface area contributed by atoms with E-state index in [0.717, 1.165) is 47.3 Å². The first-order valence-electron chi connectivity index (χ1n) is 10.8. The van der Waals surface area contributed by atoms with Gasteiger partial charge in [-0.3, -0.25) is 4.79 Å². The van der Waals surface area contributed by atoms with Crippen molar-refractivity contribution >= 4 is 21.9 Å². The Morgan fingerprint density at radius 2 is 1.91 bits per heavy atom. The van der Waals surface area contributed by atoms with Crippen LogP contribution in [0.2, 0.25) is 0 Å². The molecule has 1 aliphatic carbocycles. The topological polar surface area (TPSA) is 102 Å². The number of nitrogens with one attached hydrogen (secondary N) is 1. The summed E-state index contributed by atoms with van der Waals surface area (Å²) in [6, 6.07) is 10.7. The summed E-state index contributed by atoms with van der Waals surface area (Å²) in [5.74, 6) is -2.34. The Kier molecular flexibility index (Phi) is 7.06. The lowest BCUT2D eigenvalue weighted by Crippen LogP contribution is -2.41. The second kappa shape index (κ2) is 9.98. The van der Waals surface area contributed by atoms with Gasteiger partial charge in [0.25, 0.3) is 5.91 Å². The molecule has 0 bridgehead atoms. The van der Waals surface area contributed by atoms with Crippen molar-refractivity contribution in [3.8, 4) is 0 Å². The summed E-state index contributed by atoms with van der Waals surface area (Å²) >= 11 is 0. The third-order valence-corrected chi connectivity index (χ3v) is 7.71. The smallest absolute Gasteiger partial charge is 0.338 e. The molecular weight excluding hydrogens is 451 g/mol. The van der Waals surface area contributed by atoms with Crippen molar-refractivity contribution in [2.45, 2.75) is 30.2 Å². The lowest BCUT2D eigenvalue weighted by atomic mass is 9.88. The molecule has 1 saturated heterocycles. The van der Waals surface area contributed by atoms with Crippen LogP contribution in [0.3, 0.4) is 0 Å². The number of benzene rings is 2. The van der Waals surface area contributed by atoms with Crippen molar-refractivity contribution in [3.05, 3.63) is 65.0 Å². The molecule has 2 aliphatic rings. The fourth-order valence-corrected chi connectivity index (χ4v) is 5.61. The maximum atomic E-state index is 14.3. The van der Waals surface area contributed by atoms with Crippen LogP contribution in [0.1, 0.15) is 40.4 Å². The van der Waals surface area contributed by atoms with Crippen LogP contribution in [0, 0.1) is 5.82 Å².